The van der Waals surface area contributed by atoms with Gasteiger partial charge in [-0.15, -0.1) is 0 Å². The molecule has 3 rings (SSSR count). The molecule has 1 atom stereocenters. The van der Waals surface area contributed by atoms with E-state index in [1.807, 2.05) is 18.3 Å². The van der Waals surface area contributed by atoms with Crippen LogP contribution >= 0.6 is 0 Å². The van der Waals surface area contributed by atoms with Gasteiger partial charge in [0.25, 0.3) is 0 Å². The van der Waals surface area contributed by atoms with Crippen LogP contribution in [-0.4, -0.2) is 33.4 Å². The van der Waals surface area contributed by atoms with E-state index in [1.54, 1.807) is 29.3 Å². The number of hydrogen-bond acceptors (Lipinski definition) is 4. The van der Waals surface area contributed by atoms with Gasteiger partial charge in [0.05, 0.1) is 24.5 Å². The minimum atomic E-state index is -0.194. The summed E-state index contributed by atoms with van der Waals surface area (Å²) in [5, 5.41) is 7.03. The van der Waals surface area contributed by atoms with Crippen molar-refractivity contribution in [1.29, 1.82) is 0 Å². The van der Waals surface area contributed by atoms with Crippen LogP contribution in [0.25, 0.3) is 6.08 Å². The molecule has 1 saturated heterocycles. The first-order valence-corrected chi connectivity index (χ1v) is 7.33. The second-order valence-electron chi connectivity index (χ2n) is 5.20. The molecule has 0 aromatic carbocycles. The number of anilines is 1. The van der Waals surface area contributed by atoms with Crippen LogP contribution in [0.15, 0.2) is 43.0 Å². The van der Waals surface area contributed by atoms with Crippen molar-refractivity contribution in [2.75, 3.05) is 11.9 Å². The van der Waals surface area contributed by atoms with E-state index >= 15 is 0 Å². The van der Waals surface area contributed by atoms with Gasteiger partial charge in [0.2, 0.25) is 5.91 Å². The van der Waals surface area contributed by atoms with Crippen molar-refractivity contribution in [2.45, 2.75) is 25.5 Å². The Hall–Kier alpha value is -2.47. The maximum atomic E-state index is 11.9. The summed E-state index contributed by atoms with van der Waals surface area (Å²) < 4.78 is 7.37. The number of ether oxygens (including phenoxy) is 1. The lowest BCUT2D eigenvalue weighted by Gasteiger charge is -2.08. The second kappa shape index (κ2) is 7.00. The average molecular weight is 298 g/mol. The molecule has 1 N–H and O–H groups in total. The van der Waals surface area contributed by atoms with Crippen LogP contribution in [0.4, 0.5) is 5.69 Å². The molecule has 1 unspecified atom stereocenters. The Morgan fingerprint density at radius 2 is 2.45 bits per heavy atom. The summed E-state index contributed by atoms with van der Waals surface area (Å²) in [6, 6.07) is 3.71. The molecule has 1 amide bonds. The summed E-state index contributed by atoms with van der Waals surface area (Å²) >= 11 is 0. The second-order valence-corrected chi connectivity index (χ2v) is 5.20. The monoisotopic (exact) mass is 298 g/mol. The lowest BCUT2D eigenvalue weighted by atomic mass is 10.2. The van der Waals surface area contributed by atoms with Gasteiger partial charge in [-0.1, -0.05) is 6.07 Å². The number of amides is 1. The highest BCUT2D eigenvalue weighted by atomic mass is 16.5. The summed E-state index contributed by atoms with van der Waals surface area (Å²) in [7, 11) is 0. The maximum Gasteiger partial charge on any atom is 0.248 e. The molecule has 0 radical (unpaired) electrons. The molecule has 3 heterocycles. The smallest absolute Gasteiger partial charge is 0.248 e. The largest absolute Gasteiger partial charge is 0.376 e. The van der Waals surface area contributed by atoms with Crippen molar-refractivity contribution < 1.29 is 9.53 Å². The van der Waals surface area contributed by atoms with E-state index in [0.717, 1.165) is 31.6 Å². The van der Waals surface area contributed by atoms with Crippen LogP contribution in [0, 0.1) is 0 Å². The third-order valence-electron chi connectivity index (χ3n) is 3.43. The van der Waals surface area contributed by atoms with E-state index in [-0.39, 0.29) is 12.0 Å². The zero-order chi connectivity index (χ0) is 15.2. The summed E-state index contributed by atoms with van der Waals surface area (Å²) in [6.45, 7) is 1.55. The van der Waals surface area contributed by atoms with Gasteiger partial charge in [0, 0.05) is 31.3 Å². The van der Waals surface area contributed by atoms with Gasteiger partial charge in [0.1, 0.15) is 0 Å². The van der Waals surface area contributed by atoms with E-state index in [9.17, 15) is 4.79 Å². The third-order valence-corrected chi connectivity index (χ3v) is 3.43. The van der Waals surface area contributed by atoms with Crippen molar-refractivity contribution in [1.82, 2.24) is 14.8 Å². The Balaban J connectivity index is 1.53. The third kappa shape index (κ3) is 4.02. The van der Waals surface area contributed by atoms with Gasteiger partial charge < -0.3 is 10.1 Å². The van der Waals surface area contributed by atoms with Crippen molar-refractivity contribution in [3.8, 4) is 0 Å². The predicted molar refractivity (Wildman–Crippen MR) is 83.1 cm³/mol. The van der Waals surface area contributed by atoms with E-state index in [2.05, 4.69) is 15.4 Å². The molecule has 0 bridgehead atoms. The van der Waals surface area contributed by atoms with Crippen LogP contribution < -0.4 is 5.32 Å². The Morgan fingerprint density at radius 3 is 3.23 bits per heavy atom. The lowest BCUT2D eigenvalue weighted by molar-refractivity contribution is -0.111. The molecule has 6 heteroatoms. The number of rotatable bonds is 5. The Kier molecular flexibility index (Phi) is 4.60. The Bertz CT molecular complexity index is 645. The van der Waals surface area contributed by atoms with Crippen LogP contribution in [0.1, 0.15) is 18.4 Å². The number of carbonyl (C=O) groups excluding carboxylic acids is 1. The zero-order valence-electron chi connectivity index (χ0n) is 12.2. The standard InChI is InChI=1S/C16H18N4O2/c21-16(6-5-13-3-1-7-17-9-13)19-14-10-18-20(11-14)12-15-4-2-8-22-15/h1,3,5-7,9-11,15H,2,4,8,12H2,(H,19,21)/b6-5+. The van der Waals surface area contributed by atoms with Crippen LogP contribution in [0.5, 0.6) is 0 Å². The number of nitrogens with zero attached hydrogens (tertiary/aromatic N) is 3. The summed E-state index contributed by atoms with van der Waals surface area (Å²) in [6.07, 6.45) is 12.5. The first-order chi connectivity index (χ1) is 10.8. The van der Waals surface area contributed by atoms with Crippen molar-refractivity contribution in [3.63, 3.8) is 0 Å². The average Bonchev–Trinajstić information content (AvgIpc) is 3.19. The highest BCUT2D eigenvalue weighted by Gasteiger charge is 2.16. The molecule has 2 aromatic heterocycles. The fourth-order valence-electron chi connectivity index (χ4n) is 2.36. The van der Waals surface area contributed by atoms with Crippen molar-refractivity contribution >= 4 is 17.7 Å². The topological polar surface area (TPSA) is 69.0 Å². The summed E-state index contributed by atoms with van der Waals surface area (Å²) in [5.74, 6) is -0.194. The molecule has 1 aliphatic rings. The molecule has 0 saturated carbocycles. The molecule has 0 aliphatic carbocycles. The molecule has 1 fully saturated rings. The number of carbonyl (C=O) groups is 1. The predicted octanol–water partition coefficient (Wildman–Crippen LogP) is 2.11. The lowest BCUT2D eigenvalue weighted by Crippen LogP contribution is -2.15. The van der Waals surface area contributed by atoms with E-state index in [1.165, 1.54) is 6.08 Å². The molecule has 1 aliphatic heterocycles. The summed E-state index contributed by atoms with van der Waals surface area (Å²) in [4.78, 5) is 15.9. The molecule has 114 valence electrons. The van der Waals surface area contributed by atoms with Crippen LogP contribution in [0.2, 0.25) is 0 Å². The first-order valence-electron chi connectivity index (χ1n) is 7.33. The number of hydrogen-bond donors (Lipinski definition) is 1. The van der Waals surface area contributed by atoms with Crippen molar-refractivity contribution in [3.05, 3.63) is 48.6 Å². The SMILES string of the molecule is O=C(/C=C/c1cccnc1)Nc1cnn(CC2CCCO2)c1. The van der Waals surface area contributed by atoms with E-state index < -0.39 is 0 Å². The van der Waals surface area contributed by atoms with Gasteiger partial charge >= 0.3 is 0 Å². The zero-order valence-corrected chi connectivity index (χ0v) is 12.2. The van der Waals surface area contributed by atoms with Gasteiger partial charge in [-0.2, -0.15) is 5.10 Å². The summed E-state index contributed by atoms with van der Waals surface area (Å²) in [5.41, 5.74) is 1.56. The molecule has 0 spiro atoms. The molecule has 2 aromatic rings. The van der Waals surface area contributed by atoms with E-state index in [0.29, 0.717) is 5.69 Å². The number of pyridine rings is 1. The van der Waals surface area contributed by atoms with E-state index in [4.69, 9.17) is 4.74 Å². The normalized spacial score (nSPS) is 17.9. The Labute approximate surface area is 128 Å². The van der Waals surface area contributed by atoms with Gasteiger partial charge in [-0.05, 0) is 30.5 Å². The molecule has 6 nitrogen and oxygen atoms in total. The fourth-order valence-corrected chi connectivity index (χ4v) is 2.36. The molecular weight excluding hydrogens is 280 g/mol. The maximum absolute atomic E-state index is 11.9. The minimum absolute atomic E-state index is 0.194. The van der Waals surface area contributed by atoms with Crippen LogP contribution in [-0.2, 0) is 16.1 Å². The highest BCUT2D eigenvalue weighted by Crippen LogP contribution is 2.15. The number of nitrogens with one attached hydrogen (secondary N) is 1. The fraction of sp³-hybridized carbons (Fsp3) is 0.312. The van der Waals surface area contributed by atoms with Gasteiger partial charge in [0.15, 0.2) is 0 Å². The van der Waals surface area contributed by atoms with Crippen LogP contribution in [0.3, 0.4) is 0 Å². The van der Waals surface area contributed by atoms with Crippen molar-refractivity contribution in [2.24, 2.45) is 0 Å². The van der Waals surface area contributed by atoms with Gasteiger partial charge in [-0.25, -0.2) is 0 Å². The van der Waals surface area contributed by atoms with Gasteiger partial charge in [-0.3, -0.25) is 14.5 Å². The Morgan fingerprint density at radius 1 is 1.50 bits per heavy atom. The highest BCUT2D eigenvalue weighted by molar-refractivity contribution is 6.01. The number of aromatic nitrogens is 3. The minimum Gasteiger partial charge on any atom is -0.376 e. The molecule has 22 heavy (non-hydrogen) atoms. The molecular formula is C16H18N4O2. The quantitative estimate of drug-likeness (QED) is 0.858. The first kappa shape index (κ1) is 14.5.